The summed E-state index contributed by atoms with van der Waals surface area (Å²) in [5, 5.41) is 51.0. The minimum atomic E-state index is -0.907. The van der Waals surface area contributed by atoms with Gasteiger partial charge < -0.3 is 35.5 Å². The molecule has 1 fully saturated rings. The summed E-state index contributed by atoms with van der Waals surface area (Å²) in [6, 6.07) is 9.72. The van der Waals surface area contributed by atoms with Crippen LogP contribution in [0.3, 0.4) is 0 Å². The molecule has 3 heterocycles. The summed E-state index contributed by atoms with van der Waals surface area (Å²) in [4.78, 5) is 31.8. The lowest BCUT2D eigenvalue weighted by Crippen LogP contribution is -2.28. The number of aliphatic hydroxyl groups excluding tert-OH is 3. The number of carbonyl (C=O) groups is 2. The molecule has 3 aromatic carbocycles. The van der Waals surface area contributed by atoms with Crippen LogP contribution in [0.25, 0.3) is 43.6 Å². The largest absolute Gasteiger partial charge is 0.508 e. The molecule has 2 atom stereocenters. The van der Waals surface area contributed by atoms with Crippen molar-refractivity contribution >= 4 is 55.4 Å². The predicted octanol–water partition coefficient (Wildman–Crippen LogP) is 2.11. The SMILES string of the molecule is O=C1NC(=O)c2c1c1c3cc(O)ccc3[nH]c1c1[nH]c3ccc(O)cc3c21.OC1CCC(O)C1O. The Morgan fingerprint density at radius 1 is 0.686 bits per heavy atom. The number of hydrogen-bond acceptors (Lipinski definition) is 7. The third kappa shape index (κ3) is 3.08. The molecule has 5 aromatic rings. The Labute approximate surface area is 196 Å². The van der Waals surface area contributed by atoms with E-state index in [2.05, 4.69) is 15.3 Å². The molecular weight excluding hydrogens is 454 g/mol. The summed E-state index contributed by atoms with van der Waals surface area (Å²) in [5.41, 5.74) is 3.39. The molecule has 0 spiro atoms. The fourth-order valence-corrected chi connectivity index (χ4v) is 5.13. The summed E-state index contributed by atoms with van der Waals surface area (Å²) < 4.78 is 0. The van der Waals surface area contributed by atoms with E-state index in [4.69, 9.17) is 15.3 Å². The maximum absolute atomic E-state index is 12.6. The standard InChI is InChI=1S/C20H11N3O4.C5H10O3/c24-7-1-3-11-9(5-7)13-15-16(20(27)23-19(15)26)14-10-6-8(25)2-4-12(10)22-18(14)17(13)21-11;6-3-1-2-4(7)5(3)8/h1-6,21-22,24-25H,(H,23,26,27);3-8H,1-2H2. The van der Waals surface area contributed by atoms with Gasteiger partial charge in [0.05, 0.1) is 34.4 Å². The van der Waals surface area contributed by atoms with E-state index in [-0.39, 0.29) is 22.6 Å². The number of phenolic OH excluding ortho intramolecular Hbond substituents is 2. The molecule has 0 bridgehead atoms. The summed E-state index contributed by atoms with van der Waals surface area (Å²) in [7, 11) is 0. The van der Waals surface area contributed by atoms with Crippen molar-refractivity contribution in [3.63, 3.8) is 0 Å². The van der Waals surface area contributed by atoms with E-state index in [0.717, 1.165) is 11.0 Å². The average molecular weight is 475 g/mol. The molecule has 2 aromatic heterocycles. The Bertz CT molecular complexity index is 1580. The van der Waals surface area contributed by atoms with Crippen LogP contribution in [-0.2, 0) is 0 Å². The van der Waals surface area contributed by atoms with E-state index in [1.165, 1.54) is 0 Å². The van der Waals surface area contributed by atoms with Crippen LogP contribution in [0.5, 0.6) is 11.5 Å². The molecule has 10 heteroatoms. The molecule has 2 aliphatic rings. The van der Waals surface area contributed by atoms with Crippen LogP contribution in [-0.4, -0.2) is 65.6 Å². The van der Waals surface area contributed by atoms with Crippen molar-refractivity contribution in [1.29, 1.82) is 0 Å². The topological polar surface area (TPSA) is 179 Å². The molecule has 8 N–H and O–H groups in total. The number of H-pyrrole nitrogens is 2. The quantitative estimate of drug-likeness (QED) is 0.158. The molecule has 0 radical (unpaired) electrons. The number of rotatable bonds is 0. The number of aliphatic hydroxyl groups is 3. The first-order valence-corrected chi connectivity index (χ1v) is 11.1. The highest BCUT2D eigenvalue weighted by atomic mass is 16.4. The van der Waals surface area contributed by atoms with Gasteiger partial charge in [-0.15, -0.1) is 0 Å². The first-order chi connectivity index (χ1) is 16.7. The van der Waals surface area contributed by atoms with Gasteiger partial charge in [0.15, 0.2) is 0 Å². The van der Waals surface area contributed by atoms with Gasteiger partial charge in [0.25, 0.3) is 11.8 Å². The van der Waals surface area contributed by atoms with E-state index < -0.39 is 30.1 Å². The molecule has 2 amide bonds. The van der Waals surface area contributed by atoms with Gasteiger partial charge in [-0.05, 0) is 49.2 Å². The van der Waals surface area contributed by atoms with Crippen LogP contribution >= 0.6 is 0 Å². The smallest absolute Gasteiger partial charge is 0.259 e. The molecule has 2 unspecified atom stereocenters. The number of nitrogens with one attached hydrogen (secondary N) is 3. The first-order valence-electron chi connectivity index (χ1n) is 11.1. The fraction of sp³-hybridized carbons (Fsp3) is 0.200. The average Bonchev–Trinajstić information content (AvgIpc) is 3.54. The summed E-state index contributed by atoms with van der Waals surface area (Å²) in [6.07, 6.45) is -1.28. The van der Waals surface area contributed by atoms with Gasteiger partial charge in [0, 0.05) is 32.6 Å². The van der Waals surface area contributed by atoms with Crippen molar-refractivity contribution < 1.29 is 35.1 Å². The Morgan fingerprint density at radius 3 is 1.49 bits per heavy atom. The van der Waals surface area contributed by atoms with Crippen molar-refractivity contribution in [2.45, 2.75) is 31.2 Å². The summed E-state index contributed by atoms with van der Waals surface area (Å²) in [6.45, 7) is 0. The van der Waals surface area contributed by atoms with Crippen molar-refractivity contribution in [3.05, 3.63) is 47.5 Å². The van der Waals surface area contributed by atoms with E-state index in [1.54, 1.807) is 36.4 Å². The molecule has 1 aliphatic heterocycles. The highest BCUT2D eigenvalue weighted by Crippen LogP contribution is 2.42. The number of aromatic nitrogens is 2. The van der Waals surface area contributed by atoms with Crippen molar-refractivity contribution in [2.24, 2.45) is 0 Å². The lowest BCUT2D eigenvalue weighted by atomic mass is 9.96. The molecule has 1 aliphatic carbocycles. The van der Waals surface area contributed by atoms with Gasteiger partial charge in [-0.1, -0.05) is 0 Å². The number of aromatic amines is 2. The molecule has 1 saturated carbocycles. The monoisotopic (exact) mass is 475 g/mol. The van der Waals surface area contributed by atoms with E-state index >= 15 is 0 Å². The van der Waals surface area contributed by atoms with E-state index in [9.17, 15) is 19.8 Å². The number of fused-ring (bicyclic) bond motifs is 10. The maximum Gasteiger partial charge on any atom is 0.259 e. The Balaban J connectivity index is 0.000000246. The Morgan fingerprint density at radius 2 is 1.11 bits per heavy atom. The zero-order valence-corrected chi connectivity index (χ0v) is 18.2. The predicted molar refractivity (Wildman–Crippen MR) is 128 cm³/mol. The summed E-state index contributed by atoms with van der Waals surface area (Å²) >= 11 is 0. The van der Waals surface area contributed by atoms with Crippen LogP contribution in [0.1, 0.15) is 33.6 Å². The van der Waals surface area contributed by atoms with Crippen LogP contribution in [0, 0.1) is 0 Å². The molecule has 35 heavy (non-hydrogen) atoms. The number of amides is 2. The van der Waals surface area contributed by atoms with Gasteiger partial charge in [0.2, 0.25) is 0 Å². The number of aromatic hydroxyl groups is 2. The van der Waals surface area contributed by atoms with E-state index in [0.29, 0.717) is 45.4 Å². The third-order valence-corrected chi connectivity index (χ3v) is 6.79. The van der Waals surface area contributed by atoms with Crippen molar-refractivity contribution in [1.82, 2.24) is 15.3 Å². The summed E-state index contributed by atoms with van der Waals surface area (Å²) in [5.74, 6) is -0.798. The minimum absolute atomic E-state index is 0.0727. The van der Waals surface area contributed by atoms with Gasteiger partial charge in [0.1, 0.15) is 17.6 Å². The lowest BCUT2D eigenvalue weighted by Gasteiger charge is -2.08. The molecule has 178 valence electrons. The van der Waals surface area contributed by atoms with Crippen LogP contribution in [0.2, 0.25) is 0 Å². The Hall–Kier alpha value is -4.12. The number of carbonyl (C=O) groups excluding carboxylic acids is 2. The van der Waals surface area contributed by atoms with Crippen molar-refractivity contribution in [2.75, 3.05) is 0 Å². The maximum atomic E-state index is 12.6. The molecular formula is C25H21N3O7. The van der Waals surface area contributed by atoms with Gasteiger partial charge in [-0.25, -0.2) is 0 Å². The zero-order valence-electron chi connectivity index (χ0n) is 18.2. The highest BCUT2D eigenvalue weighted by Gasteiger charge is 2.35. The van der Waals surface area contributed by atoms with Gasteiger partial charge >= 0.3 is 0 Å². The first kappa shape index (κ1) is 21.4. The number of imide groups is 1. The van der Waals surface area contributed by atoms with Crippen molar-refractivity contribution in [3.8, 4) is 11.5 Å². The minimum Gasteiger partial charge on any atom is -0.508 e. The van der Waals surface area contributed by atoms with Crippen LogP contribution in [0.15, 0.2) is 36.4 Å². The third-order valence-electron chi connectivity index (χ3n) is 6.79. The zero-order chi connectivity index (χ0) is 24.6. The molecule has 0 saturated heterocycles. The second-order valence-corrected chi connectivity index (χ2v) is 8.95. The van der Waals surface area contributed by atoms with Crippen LogP contribution < -0.4 is 5.32 Å². The second kappa shape index (κ2) is 7.44. The molecule has 10 nitrogen and oxygen atoms in total. The molecule has 7 rings (SSSR count). The number of phenols is 2. The van der Waals surface area contributed by atoms with Crippen LogP contribution in [0.4, 0.5) is 0 Å². The normalized spacial score (nSPS) is 21.6. The van der Waals surface area contributed by atoms with Gasteiger partial charge in [-0.3, -0.25) is 14.9 Å². The number of benzene rings is 3. The van der Waals surface area contributed by atoms with Gasteiger partial charge in [-0.2, -0.15) is 0 Å². The van der Waals surface area contributed by atoms with E-state index in [1.807, 2.05) is 0 Å². The Kier molecular flexibility index (Phi) is 4.55. The second-order valence-electron chi connectivity index (χ2n) is 8.95. The fourth-order valence-electron chi connectivity index (χ4n) is 5.13. The lowest BCUT2D eigenvalue weighted by molar-refractivity contribution is -0.0182. The highest BCUT2D eigenvalue weighted by molar-refractivity contribution is 6.39. The number of hydrogen-bond donors (Lipinski definition) is 8.